The van der Waals surface area contributed by atoms with Gasteiger partial charge in [0.2, 0.25) is 5.91 Å². The van der Waals surface area contributed by atoms with Crippen LogP contribution >= 0.6 is 23.2 Å². The van der Waals surface area contributed by atoms with E-state index in [1.807, 2.05) is 38.1 Å². The van der Waals surface area contributed by atoms with Crippen LogP contribution in [0.3, 0.4) is 0 Å². The van der Waals surface area contributed by atoms with Gasteiger partial charge in [-0.1, -0.05) is 55.2 Å². The zero-order chi connectivity index (χ0) is 22.4. The smallest absolute Gasteiger partial charge is 0.253 e. The molecular formula is C24H29Cl2N3O2. The lowest BCUT2D eigenvalue weighted by Crippen LogP contribution is -2.38. The highest BCUT2D eigenvalue weighted by atomic mass is 35.5. The van der Waals surface area contributed by atoms with E-state index >= 15 is 0 Å². The molecule has 5 nitrogen and oxygen atoms in total. The molecule has 0 aliphatic carbocycles. The highest BCUT2D eigenvalue weighted by molar-refractivity contribution is 6.42. The summed E-state index contributed by atoms with van der Waals surface area (Å²) in [6.07, 6.45) is 1.55. The van der Waals surface area contributed by atoms with Crippen LogP contribution in [0.25, 0.3) is 0 Å². The van der Waals surface area contributed by atoms with Crippen LogP contribution in [-0.2, 0) is 11.3 Å². The van der Waals surface area contributed by atoms with Crippen molar-refractivity contribution >= 4 is 40.7 Å². The minimum Gasteiger partial charge on any atom is -0.352 e. The first-order valence-electron chi connectivity index (χ1n) is 10.7. The van der Waals surface area contributed by atoms with Gasteiger partial charge in [0, 0.05) is 19.0 Å². The van der Waals surface area contributed by atoms with E-state index in [1.165, 1.54) is 0 Å². The maximum Gasteiger partial charge on any atom is 0.253 e. The Labute approximate surface area is 194 Å². The Bertz CT molecular complexity index is 925. The molecule has 0 unspecified atom stereocenters. The number of carbonyl (C=O) groups excluding carboxylic acids is 2. The van der Waals surface area contributed by atoms with E-state index < -0.39 is 0 Å². The molecule has 7 heteroatoms. The van der Waals surface area contributed by atoms with Gasteiger partial charge in [-0.3, -0.25) is 14.5 Å². The number of hydrogen-bond acceptors (Lipinski definition) is 3. The largest absolute Gasteiger partial charge is 0.352 e. The third-order valence-electron chi connectivity index (χ3n) is 5.45. The maximum absolute atomic E-state index is 12.9. The number of piperidine rings is 1. The quantitative estimate of drug-likeness (QED) is 0.593. The molecule has 2 aromatic rings. The van der Waals surface area contributed by atoms with Crippen LogP contribution in [0.4, 0.5) is 5.69 Å². The maximum atomic E-state index is 12.9. The highest BCUT2D eigenvalue weighted by Gasteiger charge is 2.26. The van der Waals surface area contributed by atoms with Crippen molar-refractivity contribution in [2.75, 3.05) is 25.0 Å². The van der Waals surface area contributed by atoms with E-state index in [-0.39, 0.29) is 17.7 Å². The number of nitrogens with zero attached hydrogens (tertiary/aromatic N) is 1. The van der Waals surface area contributed by atoms with Gasteiger partial charge in [-0.2, -0.15) is 0 Å². The van der Waals surface area contributed by atoms with Crippen LogP contribution in [0.2, 0.25) is 10.0 Å². The molecule has 1 fully saturated rings. The molecule has 1 saturated heterocycles. The zero-order valence-electron chi connectivity index (χ0n) is 18.0. The molecule has 0 spiro atoms. The van der Waals surface area contributed by atoms with E-state index in [2.05, 4.69) is 15.5 Å². The van der Waals surface area contributed by atoms with Gasteiger partial charge in [0.25, 0.3) is 5.91 Å². The van der Waals surface area contributed by atoms with Gasteiger partial charge >= 0.3 is 0 Å². The molecular weight excluding hydrogens is 433 g/mol. The average molecular weight is 462 g/mol. The minimum absolute atomic E-state index is 0.0294. The van der Waals surface area contributed by atoms with E-state index in [0.717, 1.165) is 38.0 Å². The fraction of sp³-hybridized carbons (Fsp3) is 0.417. The van der Waals surface area contributed by atoms with Crippen molar-refractivity contribution in [2.24, 2.45) is 11.8 Å². The number of carbonyl (C=O) groups is 2. The molecule has 0 atom stereocenters. The van der Waals surface area contributed by atoms with Crippen molar-refractivity contribution in [3.63, 3.8) is 0 Å². The number of rotatable bonds is 7. The third-order valence-corrected chi connectivity index (χ3v) is 6.19. The summed E-state index contributed by atoms with van der Waals surface area (Å²) in [4.78, 5) is 27.7. The number of halogens is 2. The Balaban J connectivity index is 1.54. The standard InChI is InChI=1S/C24H29Cl2N3O2/c1-16(2)14-27-24(31)19-5-3-4-6-22(19)28-23(30)18-9-11-29(12-10-18)15-17-7-8-20(25)21(26)13-17/h3-8,13,16,18H,9-12,14-15H2,1-2H3,(H,27,31)(H,28,30). The van der Waals surface area contributed by atoms with Crippen molar-refractivity contribution in [1.29, 1.82) is 0 Å². The first kappa shape index (κ1) is 23.6. The van der Waals surface area contributed by atoms with Gasteiger partial charge in [-0.25, -0.2) is 0 Å². The normalized spacial score (nSPS) is 15.1. The summed E-state index contributed by atoms with van der Waals surface area (Å²) < 4.78 is 0. The van der Waals surface area contributed by atoms with Gasteiger partial charge in [0.05, 0.1) is 21.3 Å². The molecule has 166 valence electrons. The van der Waals surface area contributed by atoms with Gasteiger partial charge < -0.3 is 10.6 Å². The summed E-state index contributed by atoms with van der Waals surface area (Å²) in [6.45, 7) is 7.12. The molecule has 0 bridgehead atoms. The molecule has 2 amide bonds. The number of hydrogen-bond donors (Lipinski definition) is 2. The molecule has 3 rings (SSSR count). The summed E-state index contributed by atoms with van der Waals surface area (Å²) in [7, 11) is 0. The Morgan fingerprint density at radius 1 is 1.06 bits per heavy atom. The molecule has 0 aromatic heterocycles. The summed E-state index contributed by atoms with van der Waals surface area (Å²) in [6, 6.07) is 12.8. The number of para-hydroxylation sites is 1. The van der Waals surface area contributed by atoms with Gasteiger partial charge in [0.15, 0.2) is 0 Å². The van der Waals surface area contributed by atoms with Crippen LogP contribution in [-0.4, -0.2) is 36.3 Å². The average Bonchev–Trinajstić information content (AvgIpc) is 2.75. The predicted octanol–water partition coefficient (Wildman–Crippen LogP) is 5.23. The highest BCUT2D eigenvalue weighted by Crippen LogP contribution is 2.26. The number of amides is 2. The Morgan fingerprint density at radius 3 is 2.45 bits per heavy atom. The van der Waals surface area contributed by atoms with Crippen LogP contribution in [0.1, 0.15) is 42.6 Å². The molecule has 1 aliphatic heterocycles. The summed E-state index contributed by atoms with van der Waals surface area (Å²) >= 11 is 12.1. The lowest BCUT2D eigenvalue weighted by Gasteiger charge is -2.31. The van der Waals surface area contributed by atoms with Crippen molar-refractivity contribution in [1.82, 2.24) is 10.2 Å². The van der Waals surface area contributed by atoms with Crippen LogP contribution in [0.5, 0.6) is 0 Å². The van der Waals surface area contributed by atoms with E-state index in [4.69, 9.17) is 23.2 Å². The van der Waals surface area contributed by atoms with E-state index in [0.29, 0.717) is 33.8 Å². The molecule has 2 aromatic carbocycles. The number of benzene rings is 2. The number of nitrogens with one attached hydrogen (secondary N) is 2. The molecule has 0 radical (unpaired) electrons. The minimum atomic E-state index is -0.166. The Kier molecular flexibility index (Phi) is 8.35. The second-order valence-corrected chi connectivity index (χ2v) is 9.25. The van der Waals surface area contributed by atoms with E-state index in [9.17, 15) is 9.59 Å². The van der Waals surface area contributed by atoms with Gasteiger partial charge in [0.1, 0.15) is 0 Å². The van der Waals surface area contributed by atoms with Crippen LogP contribution in [0, 0.1) is 11.8 Å². The second-order valence-electron chi connectivity index (χ2n) is 8.44. The van der Waals surface area contributed by atoms with Crippen LogP contribution in [0.15, 0.2) is 42.5 Å². The molecule has 31 heavy (non-hydrogen) atoms. The van der Waals surface area contributed by atoms with Crippen molar-refractivity contribution < 1.29 is 9.59 Å². The fourth-order valence-corrected chi connectivity index (χ4v) is 3.99. The summed E-state index contributed by atoms with van der Waals surface area (Å²) in [5.74, 6) is 0.0935. The topological polar surface area (TPSA) is 61.4 Å². The monoisotopic (exact) mass is 461 g/mol. The van der Waals surface area contributed by atoms with Crippen molar-refractivity contribution in [2.45, 2.75) is 33.2 Å². The van der Waals surface area contributed by atoms with Crippen LogP contribution < -0.4 is 10.6 Å². The summed E-state index contributed by atoms with van der Waals surface area (Å²) in [5, 5.41) is 7.00. The Morgan fingerprint density at radius 2 is 1.77 bits per heavy atom. The number of likely N-dealkylation sites (tertiary alicyclic amines) is 1. The zero-order valence-corrected chi connectivity index (χ0v) is 19.5. The van der Waals surface area contributed by atoms with E-state index in [1.54, 1.807) is 18.2 Å². The molecule has 1 aliphatic rings. The first-order chi connectivity index (χ1) is 14.8. The number of anilines is 1. The first-order valence-corrected chi connectivity index (χ1v) is 11.4. The Hall–Kier alpha value is -2.08. The lowest BCUT2D eigenvalue weighted by atomic mass is 9.95. The molecule has 1 heterocycles. The fourth-order valence-electron chi connectivity index (χ4n) is 3.67. The summed E-state index contributed by atoms with van der Waals surface area (Å²) in [5.41, 5.74) is 2.17. The predicted molar refractivity (Wildman–Crippen MR) is 127 cm³/mol. The second kappa shape index (κ2) is 11.0. The van der Waals surface area contributed by atoms with Gasteiger partial charge in [-0.05, 0) is 61.7 Å². The molecule has 0 saturated carbocycles. The van der Waals surface area contributed by atoms with Crippen molar-refractivity contribution in [3.8, 4) is 0 Å². The molecule has 2 N–H and O–H groups in total. The van der Waals surface area contributed by atoms with Crippen molar-refractivity contribution in [3.05, 3.63) is 63.6 Å². The SMILES string of the molecule is CC(C)CNC(=O)c1ccccc1NC(=O)C1CCN(Cc2ccc(Cl)c(Cl)c2)CC1. The lowest BCUT2D eigenvalue weighted by molar-refractivity contribution is -0.121. The van der Waals surface area contributed by atoms with Gasteiger partial charge in [-0.15, -0.1) is 0 Å². The third kappa shape index (κ3) is 6.70.